The van der Waals surface area contributed by atoms with Gasteiger partial charge in [0, 0.05) is 0 Å². The summed E-state index contributed by atoms with van der Waals surface area (Å²) in [4.78, 5) is 38.5. The van der Waals surface area contributed by atoms with Gasteiger partial charge in [0.25, 0.3) is 0 Å². The van der Waals surface area contributed by atoms with Crippen LogP contribution in [0.15, 0.2) is 54.6 Å². The first-order valence-corrected chi connectivity index (χ1v) is 7.31. The van der Waals surface area contributed by atoms with Gasteiger partial charge in [-0.2, -0.15) is 5.26 Å². The Balaban J connectivity index is 1.83. The highest BCUT2D eigenvalue weighted by Crippen LogP contribution is 2.20. The van der Waals surface area contributed by atoms with Crippen molar-refractivity contribution in [3.8, 4) is 6.07 Å². The van der Waals surface area contributed by atoms with E-state index in [0.29, 0.717) is 11.1 Å². The van der Waals surface area contributed by atoms with Gasteiger partial charge in [-0.3, -0.25) is 19.4 Å². The molecule has 1 fully saturated rings. The van der Waals surface area contributed by atoms with Crippen LogP contribution in [-0.4, -0.2) is 27.6 Å². The molecule has 0 saturated carbocycles. The summed E-state index contributed by atoms with van der Waals surface area (Å²) in [5.41, 5.74) is 1.65. The highest BCUT2D eigenvalue weighted by Gasteiger charge is 2.44. The van der Waals surface area contributed by atoms with Gasteiger partial charge in [-0.25, -0.2) is 4.79 Å². The molecule has 6 heteroatoms. The number of carbonyl (C=O) groups is 3. The minimum Gasteiger partial charge on any atom is -0.263 e. The van der Waals surface area contributed by atoms with E-state index in [2.05, 4.69) is 0 Å². The van der Waals surface area contributed by atoms with E-state index < -0.39 is 17.8 Å². The lowest BCUT2D eigenvalue weighted by atomic mass is 10.1. The zero-order valence-electron chi connectivity index (χ0n) is 12.7. The molecule has 0 atom stereocenters. The summed E-state index contributed by atoms with van der Waals surface area (Å²) in [5.74, 6) is -1.72. The minimum atomic E-state index is -0.872. The Hall–Kier alpha value is -3.46. The van der Waals surface area contributed by atoms with E-state index in [1.165, 1.54) is 0 Å². The molecular weight excluding hydrogens is 306 g/mol. The maximum atomic E-state index is 12.5. The number of nitriles is 1. The van der Waals surface area contributed by atoms with Gasteiger partial charge in [0.2, 0.25) is 0 Å². The van der Waals surface area contributed by atoms with Crippen LogP contribution in [0.1, 0.15) is 16.7 Å². The summed E-state index contributed by atoms with van der Waals surface area (Å²) in [6.07, 6.45) is 0. The lowest BCUT2D eigenvalue weighted by Crippen LogP contribution is -2.32. The van der Waals surface area contributed by atoms with Gasteiger partial charge >= 0.3 is 17.8 Å². The Kier molecular flexibility index (Phi) is 4.08. The van der Waals surface area contributed by atoms with Gasteiger partial charge in [0.15, 0.2) is 0 Å². The van der Waals surface area contributed by atoms with Gasteiger partial charge in [-0.05, 0) is 17.2 Å². The average molecular weight is 319 g/mol. The average Bonchev–Trinajstić information content (AvgIpc) is 2.81. The number of hydrogen-bond acceptors (Lipinski definition) is 4. The summed E-state index contributed by atoms with van der Waals surface area (Å²) in [5, 5.41) is 9.11. The molecule has 2 aromatic carbocycles. The largest absolute Gasteiger partial charge is 0.334 e. The van der Waals surface area contributed by atoms with Crippen LogP contribution >= 0.6 is 0 Å². The van der Waals surface area contributed by atoms with E-state index in [1.54, 1.807) is 48.5 Å². The van der Waals surface area contributed by atoms with Crippen LogP contribution < -0.4 is 0 Å². The molecule has 0 bridgehead atoms. The number of rotatable bonds is 4. The third kappa shape index (κ3) is 2.75. The topological polar surface area (TPSA) is 81.5 Å². The SMILES string of the molecule is N#Cc1ccccc1CN1C(=O)C(=O)N(Cc2ccccc2)C1=O. The van der Waals surface area contributed by atoms with E-state index >= 15 is 0 Å². The van der Waals surface area contributed by atoms with Crippen molar-refractivity contribution >= 4 is 17.8 Å². The van der Waals surface area contributed by atoms with Gasteiger partial charge in [0.05, 0.1) is 24.7 Å². The molecule has 118 valence electrons. The predicted molar refractivity (Wildman–Crippen MR) is 84.1 cm³/mol. The third-order valence-corrected chi connectivity index (χ3v) is 3.78. The molecule has 4 amide bonds. The lowest BCUT2D eigenvalue weighted by Gasteiger charge is -2.16. The molecule has 0 spiro atoms. The Morgan fingerprint density at radius 3 is 2.04 bits per heavy atom. The number of carbonyl (C=O) groups excluding carboxylic acids is 3. The number of hydrogen-bond donors (Lipinski definition) is 0. The molecule has 0 aliphatic carbocycles. The van der Waals surface area contributed by atoms with Gasteiger partial charge in [0.1, 0.15) is 0 Å². The molecule has 0 unspecified atom stereocenters. The zero-order chi connectivity index (χ0) is 17.1. The number of amides is 4. The Morgan fingerprint density at radius 1 is 0.792 bits per heavy atom. The highest BCUT2D eigenvalue weighted by atomic mass is 16.2. The van der Waals surface area contributed by atoms with E-state index in [1.807, 2.05) is 12.1 Å². The van der Waals surface area contributed by atoms with Crippen molar-refractivity contribution in [2.75, 3.05) is 0 Å². The van der Waals surface area contributed by atoms with E-state index in [-0.39, 0.29) is 13.1 Å². The first kappa shape index (κ1) is 15.4. The fraction of sp³-hybridized carbons (Fsp3) is 0.111. The van der Waals surface area contributed by atoms with Crippen LogP contribution in [0.25, 0.3) is 0 Å². The molecule has 2 aromatic rings. The van der Waals surface area contributed by atoms with Crippen LogP contribution in [0, 0.1) is 11.3 Å². The summed E-state index contributed by atoms with van der Waals surface area (Å²) >= 11 is 0. The quantitative estimate of drug-likeness (QED) is 0.638. The second kappa shape index (κ2) is 6.34. The zero-order valence-corrected chi connectivity index (χ0v) is 12.7. The smallest absolute Gasteiger partial charge is 0.263 e. The number of urea groups is 1. The highest BCUT2D eigenvalue weighted by molar-refractivity contribution is 6.44. The predicted octanol–water partition coefficient (Wildman–Crippen LogP) is 2.05. The van der Waals surface area contributed by atoms with E-state index in [0.717, 1.165) is 15.4 Å². The second-order valence-electron chi connectivity index (χ2n) is 5.32. The molecule has 1 heterocycles. The van der Waals surface area contributed by atoms with Crippen molar-refractivity contribution in [3.05, 3.63) is 71.3 Å². The molecule has 0 aromatic heterocycles. The summed E-state index contributed by atoms with van der Waals surface area (Å²) in [7, 11) is 0. The van der Waals surface area contributed by atoms with Crippen molar-refractivity contribution in [1.29, 1.82) is 5.26 Å². The summed E-state index contributed by atoms with van der Waals surface area (Å²) in [6, 6.07) is 17.0. The summed E-state index contributed by atoms with van der Waals surface area (Å²) in [6.45, 7) is -0.0565. The van der Waals surface area contributed by atoms with Crippen molar-refractivity contribution in [2.24, 2.45) is 0 Å². The fourth-order valence-electron chi connectivity index (χ4n) is 2.53. The van der Waals surface area contributed by atoms with Crippen LogP contribution in [-0.2, 0) is 22.7 Å². The van der Waals surface area contributed by atoms with Gasteiger partial charge in [-0.1, -0.05) is 48.5 Å². The van der Waals surface area contributed by atoms with E-state index in [4.69, 9.17) is 5.26 Å². The van der Waals surface area contributed by atoms with Gasteiger partial charge < -0.3 is 0 Å². The molecule has 6 nitrogen and oxygen atoms in total. The van der Waals surface area contributed by atoms with E-state index in [9.17, 15) is 14.4 Å². The first-order chi connectivity index (χ1) is 11.6. The van der Waals surface area contributed by atoms with Crippen molar-refractivity contribution in [1.82, 2.24) is 9.80 Å². The van der Waals surface area contributed by atoms with Crippen LogP contribution in [0.3, 0.4) is 0 Å². The summed E-state index contributed by atoms with van der Waals surface area (Å²) < 4.78 is 0. The number of imide groups is 2. The van der Waals surface area contributed by atoms with Gasteiger partial charge in [-0.15, -0.1) is 0 Å². The third-order valence-electron chi connectivity index (χ3n) is 3.78. The maximum Gasteiger partial charge on any atom is 0.334 e. The monoisotopic (exact) mass is 319 g/mol. The Bertz CT molecular complexity index is 855. The van der Waals surface area contributed by atoms with Crippen molar-refractivity contribution < 1.29 is 14.4 Å². The standard InChI is InChI=1S/C18H13N3O3/c19-10-14-8-4-5-9-15(14)12-21-17(23)16(22)20(18(21)24)11-13-6-2-1-3-7-13/h1-9H,11-12H2. The molecule has 1 saturated heterocycles. The molecule has 3 rings (SSSR count). The van der Waals surface area contributed by atoms with Crippen molar-refractivity contribution in [3.63, 3.8) is 0 Å². The Morgan fingerprint density at radius 2 is 1.38 bits per heavy atom. The van der Waals surface area contributed by atoms with Crippen molar-refractivity contribution in [2.45, 2.75) is 13.1 Å². The molecule has 0 N–H and O–H groups in total. The van der Waals surface area contributed by atoms with Crippen LogP contribution in [0.5, 0.6) is 0 Å². The molecule has 1 aliphatic heterocycles. The van der Waals surface area contributed by atoms with Crippen LogP contribution in [0.4, 0.5) is 4.79 Å². The first-order valence-electron chi connectivity index (χ1n) is 7.31. The molecular formula is C18H13N3O3. The Labute approximate surface area is 138 Å². The number of nitrogens with zero attached hydrogens (tertiary/aromatic N) is 3. The number of benzene rings is 2. The molecule has 24 heavy (non-hydrogen) atoms. The molecule has 1 aliphatic rings. The normalized spacial score (nSPS) is 14.2. The molecule has 0 radical (unpaired) electrons. The van der Waals surface area contributed by atoms with Crippen LogP contribution in [0.2, 0.25) is 0 Å². The minimum absolute atomic E-state index is 0.0423. The second-order valence-corrected chi connectivity index (χ2v) is 5.32. The lowest BCUT2D eigenvalue weighted by molar-refractivity contribution is -0.143. The maximum absolute atomic E-state index is 12.5. The fourth-order valence-corrected chi connectivity index (χ4v) is 2.53.